The number of hydrogen-bond acceptors (Lipinski definition) is 4. The van der Waals surface area contributed by atoms with Crippen molar-refractivity contribution in [3.8, 4) is 0 Å². The fourth-order valence-corrected chi connectivity index (χ4v) is 2.75. The molecule has 3 rings (SSSR count). The smallest absolute Gasteiger partial charge is 0.188 e. The van der Waals surface area contributed by atoms with Crippen molar-refractivity contribution >= 4 is 29.1 Å². The molecule has 0 amide bonds. The lowest BCUT2D eigenvalue weighted by atomic mass is 10.2. The highest BCUT2D eigenvalue weighted by atomic mass is 35.5. The Balaban J connectivity index is 1.59. The molecule has 0 fully saturated rings. The van der Waals surface area contributed by atoms with Gasteiger partial charge in [-0.3, -0.25) is 5.10 Å². The largest absolute Gasteiger partial charge is 0.381 e. The predicted octanol–water partition coefficient (Wildman–Crippen LogP) is 4.22. The van der Waals surface area contributed by atoms with Crippen molar-refractivity contribution in [1.29, 1.82) is 0 Å². The minimum Gasteiger partial charge on any atom is -0.381 e. The summed E-state index contributed by atoms with van der Waals surface area (Å²) in [4.78, 5) is 5.20. The van der Waals surface area contributed by atoms with E-state index in [1.807, 2.05) is 48.5 Å². The Morgan fingerprint density at radius 2 is 2.00 bits per heavy atom. The van der Waals surface area contributed by atoms with Crippen LogP contribution in [-0.2, 0) is 6.54 Å². The van der Waals surface area contributed by atoms with E-state index in [1.54, 1.807) is 11.8 Å². The number of anilines is 1. The third kappa shape index (κ3) is 4.00. The van der Waals surface area contributed by atoms with Gasteiger partial charge in [-0.25, -0.2) is 4.98 Å². The molecule has 0 saturated heterocycles. The molecule has 21 heavy (non-hydrogen) atoms. The van der Waals surface area contributed by atoms with Gasteiger partial charge in [0.25, 0.3) is 0 Å². The molecule has 4 nitrogen and oxygen atoms in total. The maximum absolute atomic E-state index is 5.97. The van der Waals surface area contributed by atoms with E-state index in [1.165, 1.54) is 6.33 Å². The Bertz CT molecular complexity index is 698. The van der Waals surface area contributed by atoms with Crippen LogP contribution in [0.1, 0.15) is 5.56 Å². The minimum absolute atomic E-state index is 0.745. The maximum atomic E-state index is 5.97. The highest BCUT2D eigenvalue weighted by Gasteiger charge is 2.00. The van der Waals surface area contributed by atoms with Crippen LogP contribution in [0.25, 0.3) is 0 Å². The quantitative estimate of drug-likeness (QED) is 0.740. The Labute approximate surface area is 132 Å². The van der Waals surface area contributed by atoms with E-state index in [0.717, 1.165) is 32.9 Å². The van der Waals surface area contributed by atoms with Gasteiger partial charge in [0.2, 0.25) is 0 Å². The zero-order chi connectivity index (χ0) is 14.5. The van der Waals surface area contributed by atoms with Gasteiger partial charge in [0.05, 0.1) is 0 Å². The van der Waals surface area contributed by atoms with Crippen LogP contribution >= 0.6 is 23.4 Å². The molecule has 1 heterocycles. The highest BCUT2D eigenvalue weighted by Crippen LogP contribution is 2.25. The monoisotopic (exact) mass is 316 g/mol. The van der Waals surface area contributed by atoms with E-state index in [4.69, 9.17) is 11.6 Å². The van der Waals surface area contributed by atoms with Crippen LogP contribution < -0.4 is 5.32 Å². The fraction of sp³-hybridized carbons (Fsp3) is 0.0667. The second-order valence-electron chi connectivity index (χ2n) is 4.40. The molecule has 0 saturated carbocycles. The van der Waals surface area contributed by atoms with Gasteiger partial charge in [-0.1, -0.05) is 35.5 Å². The van der Waals surface area contributed by atoms with Crippen LogP contribution in [0, 0.1) is 0 Å². The summed E-state index contributed by atoms with van der Waals surface area (Å²) in [5.41, 5.74) is 2.22. The van der Waals surface area contributed by atoms with E-state index in [2.05, 4.69) is 20.5 Å². The molecule has 0 bridgehead atoms. The Hall–Kier alpha value is -1.98. The van der Waals surface area contributed by atoms with Gasteiger partial charge in [0.1, 0.15) is 6.33 Å². The van der Waals surface area contributed by atoms with Gasteiger partial charge in [0.15, 0.2) is 5.16 Å². The third-order valence-electron chi connectivity index (χ3n) is 2.85. The summed E-state index contributed by atoms with van der Waals surface area (Å²) in [7, 11) is 0. The number of hydrogen-bond donors (Lipinski definition) is 2. The van der Waals surface area contributed by atoms with E-state index in [0.29, 0.717) is 0 Å². The number of H-pyrrole nitrogens is 1. The highest BCUT2D eigenvalue weighted by molar-refractivity contribution is 7.99. The number of aromatic amines is 1. The summed E-state index contributed by atoms with van der Waals surface area (Å²) in [6.45, 7) is 0.745. The molecule has 2 aromatic carbocycles. The second kappa shape index (κ2) is 6.65. The van der Waals surface area contributed by atoms with E-state index < -0.39 is 0 Å². The third-order valence-corrected chi connectivity index (χ3v) is 3.98. The van der Waals surface area contributed by atoms with E-state index in [9.17, 15) is 0 Å². The predicted molar refractivity (Wildman–Crippen MR) is 85.7 cm³/mol. The summed E-state index contributed by atoms with van der Waals surface area (Å²) >= 11 is 7.52. The zero-order valence-electron chi connectivity index (χ0n) is 11.1. The van der Waals surface area contributed by atoms with Crippen molar-refractivity contribution in [3.63, 3.8) is 0 Å². The fourth-order valence-electron chi connectivity index (χ4n) is 1.85. The van der Waals surface area contributed by atoms with Gasteiger partial charge in [-0.15, -0.1) is 0 Å². The number of rotatable bonds is 5. The molecule has 0 spiro atoms. The van der Waals surface area contributed by atoms with Crippen LogP contribution in [-0.4, -0.2) is 15.2 Å². The lowest BCUT2D eigenvalue weighted by Gasteiger charge is -2.07. The summed E-state index contributed by atoms with van der Waals surface area (Å²) < 4.78 is 0. The normalized spacial score (nSPS) is 10.5. The summed E-state index contributed by atoms with van der Waals surface area (Å²) in [5, 5.41) is 11.6. The van der Waals surface area contributed by atoms with Crippen molar-refractivity contribution in [2.24, 2.45) is 0 Å². The molecule has 0 aliphatic carbocycles. The molecule has 0 atom stereocenters. The zero-order valence-corrected chi connectivity index (χ0v) is 12.7. The number of nitrogens with one attached hydrogen (secondary N) is 2. The number of aromatic nitrogens is 3. The molecule has 0 unspecified atom stereocenters. The van der Waals surface area contributed by atoms with E-state index >= 15 is 0 Å². The molecule has 2 N–H and O–H groups in total. The molecular weight excluding hydrogens is 304 g/mol. The van der Waals surface area contributed by atoms with Crippen LogP contribution in [0.15, 0.2) is 64.9 Å². The minimum atomic E-state index is 0.745. The van der Waals surface area contributed by atoms with Gasteiger partial charge in [0, 0.05) is 22.2 Å². The molecule has 0 aliphatic heterocycles. The van der Waals surface area contributed by atoms with Crippen LogP contribution in [0.4, 0.5) is 5.69 Å². The molecule has 106 valence electrons. The Morgan fingerprint density at radius 3 is 2.71 bits per heavy atom. The molecule has 6 heteroatoms. The standard InChI is InChI=1S/C15H13ClN4S/c16-12-3-1-2-11(8-12)9-17-13-4-6-14(7-5-13)21-15-18-10-19-20-15/h1-8,10,17H,9H2,(H,18,19,20). The average molecular weight is 317 g/mol. The topological polar surface area (TPSA) is 53.6 Å². The van der Waals surface area contributed by atoms with Gasteiger partial charge in [-0.2, -0.15) is 5.10 Å². The lowest BCUT2D eigenvalue weighted by Crippen LogP contribution is -1.98. The maximum Gasteiger partial charge on any atom is 0.188 e. The van der Waals surface area contributed by atoms with Crippen molar-refractivity contribution < 1.29 is 0 Å². The van der Waals surface area contributed by atoms with Gasteiger partial charge in [-0.05, 0) is 42.0 Å². The summed E-state index contributed by atoms with van der Waals surface area (Å²) in [6.07, 6.45) is 1.50. The Morgan fingerprint density at radius 1 is 1.14 bits per heavy atom. The summed E-state index contributed by atoms with van der Waals surface area (Å²) in [5.74, 6) is 0. The van der Waals surface area contributed by atoms with Crippen LogP contribution in [0.3, 0.4) is 0 Å². The van der Waals surface area contributed by atoms with Crippen LogP contribution in [0.5, 0.6) is 0 Å². The van der Waals surface area contributed by atoms with Crippen molar-refractivity contribution in [2.45, 2.75) is 16.6 Å². The SMILES string of the molecule is Clc1cccc(CNc2ccc(Sc3ncn[nH]3)cc2)c1. The average Bonchev–Trinajstić information content (AvgIpc) is 3.00. The van der Waals surface area contributed by atoms with Crippen molar-refractivity contribution in [1.82, 2.24) is 15.2 Å². The number of halogens is 1. The first-order valence-corrected chi connectivity index (χ1v) is 7.61. The first-order chi connectivity index (χ1) is 10.3. The molecule has 0 radical (unpaired) electrons. The Kier molecular flexibility index (Phi) is 4.43. The molecule has 1 aromatic heterocycles. The number of nitrogens with zero attached hydrogens (tertiary/aromatic N) is 2. The van der Waals surface area contributed by atoms with Crippen LogP contribution in [0.2, 0.25) is 5.02 Å². The van der Waals surface area contributed by atoms with Crippen molar-refractivity contribution in [2.75, 3.05) is 5.32 Å². The first-order valence-electron chi connectivity index (χ1n) is 6.41. The summed E-state index contributed by atoms with van der Waals surface area (Å²) in [6, 6.07) is 16.0. The molecule has 3 aromatic rings. The number of benzene rings is 2. The van der Waals surface area contributed by atoms with E-state index in [-0.39, 0.29) is 0 Å². The lowest BCUT2D eigenvalue weighted by molar-refractivity contribution is 0.973. The molecular formula is C15H13ClN4S. The van der Waals surface area contributed by atoms with Gasteiger partial charge < -0.3 is 5.32 Å². The van der Waals surface area contributed by atoms with Gasteiger partial charge >= 0.3 is 0 Å². The first kappa shape index (κ1) is 14.0. The molecule has 0 aliphatic rings. The second-order valence-corrected chi connectivity index (χ2v) is 5.90. The van der Waals surface area contributed by atoms with Crippen molar-refractivity contribution in [3.05, 3.63) is 65.4 Å².